The van der Waals surface area contributed by atoms with E-state index in [-0.39, 0.29) is 13.0 Å². The summed E-state index contributed by atoms with van der Waals surface area (Å²) in [6.45, 7) is 10.1. The number of rotatable bonds is 16. The summed E-state index contributed by atoms with van der Waals surface area (Å²) in [5.41, 5.74) is 4.87. The van der Waals surface area contributed by atoms with Crippen LogP contribution < -0.4 is 9.47 Å². The van der Waals surface area contributed by atoms with E-state index < -0.39 is 18.2 Å². The highest BCUT2D eigenvalue weighted by Crippen LogP contribution is 2.25. The summed E-state index contributed by atoms with van der Waals surface area (Å²) in [6, 6.07) is 21.2. The van der Waals surface area contributed by atoms with Crippen molar-refractivity contribution in [1.29, 1.82) is 0 Å². The Hall–Kier alpha value is -3.88. The monoisotopic (exact) mass is 563 g/mol. The number of carbonyl (C=O) groups is 2. The normalized spacial score (nSPS) is 11.6. The maximum Gasteiger partial charge on any atom is 0.415 e. The molecular formula is C33H41NO7. The largest absolute Gasteiger partial charge is 0.492 e. The first-order valence-corrected chi connectivity index (χ1v) is 14.0. The highest BCUT2D eigenvalue weighted by Gasteiger charge is 2.19. The van der Waals surface area contributed by atoms with Crippen molar-refractivity contribution in [2.24, 2.45) is 0 Å². The van der Waals surface area contributed by atoms with Gasteiger partial charge in [-0.3, -0.25) is 0 Å². The zero-order valence-electron chi connectivity index (χ0n) is 24.4. The first kappa shape index (κ1) is 31.6. The Labute approximate surface area is 242 Å². The third kappa shape index (κ3) is 10.6. The van der Waals surface area contributed by atoms with Gasteiger partial charge in [0.15, 0.2) is 6.10 Å². The van der Waals surface area contributed by atoms with Gasteiger partial charge in [0.05, 0.1) is 13.2 Å². The van der Waals surface area contributed by atoms with Crippen molar-refractivity contribution in [2.45, 2.75) is 53.2 Å². The standard InChI is InChI=1S/C33H41NO7/c1-5-39-30(32(35)36)22-27-12-14-29(15-13-27)40-19-17-34(16-9-18-38-23-28-10-7-6-8-11-28)33(37)41-31-25(3)20-24(2)21-26(31)4/h6-8,10-15,20-21,30H,5,9,16-19,22-23H2,1-4H3,(H,35,36). The zero-order chi connectivity index (χ0) is 29.6. The van der Waals surface area contributed by atoms with Gasteiger partial charge < -0.3 is 29.0 Å². The van der Waals surface area contributed by atoms with Gasteiger partial charge in [0.25, 0.3) is 0 Å². The average molecular weight is 564 g/mol. The summed E-state index contributed by atoms with van der Waals surface area (Å²) in [5.74, 6) is 0.219. The molecule has 0 spiro atoms. The Bertz CT molecular complexity index is 1220. The van der Waals surface area contributed by atoms with Gasteiger partial charge in [-0.25, -0.2) is 9.59 Å². The molecule has 8 heteroatoms. The molecule has 0 aliphatic carbocycles. The molecule has 0 fully saturated rings. The molecule has 0 aliphatic heterocycles. The predicted octanol–water partition coefficient (Wildman–Crippen LogP) is 6.13. The van der Waals surface area contributed by atoms with E-state index in [9.17, 15) is 14.7 Å². The van der Waals surface area contributed by atoms with Gasteiger partial charge in [-0.05, 0) is 68.5 Å². The molecule has 0 heterocycles. The lowest BCUT2D eigenvalue weighted by molar-refractivity contribution is -0.149. The second-order valence-electron chi connectivity index (χ2n) is 9.95. The van der Waals surface area contributed by atoms with Crippen molar-refractivity contribution < 1.29 is 33.6 Å². The SMILES string of the molecule is CCOC(Cc1ccc(OCCN(CCCOCc2ccccc2)C(=O)Oc2c(C)cc(C)cc2C)cc1)C(=O)O. The fourth-order valence-corrected chi connectivity index (χ4v) is 4.52. The van der Waals surface area contributed by atoms with E-state index in [0.717, 1.165) is 27.8 Å². The molecule has 0 aliphatic rings. The minimum atomic E-state index is -0.986. The van der Waals surface area contributed by atoms with Gasteiger partial charge >= 0.3 is 12.1 Å². The minimum absolute atomic E-state index is 0.266. The maximum absolute atomic E-state index is 13.2. The first-order chi connectivity index (χ1) is 19.8. The molecule has 1 atom stereocenters. The Morgan fingerprint density at radius 2 is 1.56 bits per heavy atom. The number of amides is 1. The number of aliphatic carboxylic acids is 1. The summed E-state index contributed by atoms with van der Waals surface area (Å²) < 4.78 is 22.9. The van der Waals surface area contributed by atoms with Crippen molar-refractivity contribution in [1.82, 2.24) is 4.90 Å². The number of carboxylic acid groups (broad SMARTS) is 1. The Kier molecular flexibility index (Phi) is 12.7. The zero-order valence-corrected chi connectivity index (χ0v) is 24.4. The van der Waals surface area contributed by atoms with Gasteiger partial charge in [0.2, 0.25) is 0 Å². The van der Waals surface area contributed by atoms with E-state index in [2.05, 4.69) is 0 Å². The summed E-state index contributed by atoms with van der Waals surface area (Å²) >= 11 is 0. The third-order valence-corrected chi connectivity index (χ3v) is 6.50. The molecule has 1 unspecified atom stereocenters. The number of hydrogen-bond acceptors (Lipinski definition) is 6. The predicted molar refractivity (Wildman–Crippen MR) is 158 cm³/mol. The number of hydrogen-bond donors (Lipinski definition) is 1. The molecule has 0 bridgehead atoms. The van der Waals surface area contributed by atoms with Gasteiger partial charge in [-0.2, -0.15) is 0 Å². The topological polar surface area (TPSA) is 94.5 Å². The molecular weight excluding hydrogens is 522 g/mol. The molecule has 8 nitrogen and oxygen atoms in total. The lowest BCUT2D eigenvalue weighted by Crippen LogP contribution is -2.38. The molecule has 0 radical (unpaired) electrons. The van der Waals surface area contributed by atoms with E-state index in [1.54, 1.807) is 24.0 Å². The van der Waals surface area contributed by atoms with Crippen LogP contribution in [-0.2, 0) is 27.3 Å². The van der Waals surface area contributed by atoms with Gasteiger partial charge in [0.1, 0.15) is 18.1 Å². The highest BCUT2D eigenvalue weighted by molar-refractivity contribution is 5.73. The lowest BCUT2D eigenvalue weighted by atomic mass is 10.1. The minimum Gasteiger partial charge on any atom is -0.492 e. The van der Waals surface area contributed by atoms with Crippen LogP contribution in [0, 0.1) is 20.8 Å². The molecule has 1 amide bonds. The molecule has 3 rings (SSSR count). The van der Waals surface area contributed by atoms with E-state index in [0.29, 0.717) is 50.8 Å². The molecule has 220 valence electrons. The summed E-state index contributed by atoms with van der Waals surface area (Å²) in [5, 5.41) is 9.31. The summed E-state index contributed by atoms with van der Waals surface area (Å²) in [6.07, 6.45) is -0.401. The number of nitrogens with zero attached hydrogens (tertiary/aromatic N) is 1. The fourth-order valence-electron chi connectivity index (χ4n) is 4.52. The van der Waals surface area contributed by atoms with Gasteiger partial charge in [0, 0.05) is 26.2 Å². The molecule has 41 heavy (non-hydrogen) atoms. The first-order valence-electron chi connectivity index (χ1n) is 14.0. The Morgan fingerprint density at radius 1 is 0.878 bits per heavy atom. The van der Waals surface area contributed by atoms with Crippen molar-refractivity contribution in [3.63, 3.8) is 0 Å². The van der Waals surface area contributed by atoms with Gasteiger partial charge in [-0.15, -0.1) is 0 Å². The average Bonchev–Trinajstić information content (AvgIpc) is 2.94. The summed E-state index contributed by atoms with van der Waals surface area (Å²) in [7, 11) is 0. The number of aryl methyl sites for hydroxylation is 3. The van der Waals surface area contributed by atoms with Crippen molar-refractivity contribution in [2.75, 3.05) is 32.9 Å². The summed E-state index contributed by atoms with van der Waals surface area (Å²) in [4.78, 5) is 26.2. The third-order valence-electron chi connectivity index (χ3n) is 6.50. The fraction of sp³-hybridized carbons (Fsp3) is 0.394. The van der Waals surface area contributed by atoms with Crippen molar-refractivity contribution in [3.8, 4) is 11.5 Å². The van der Waals surface area contributed by atoms with E-state index in [4.69, 9.17) is 18.9 Å². The Balaban J connectivity index is 1.56. The van der Waals surface area contributed by atoms with Crippen LogP contribution in [0.1, 0.15) is 41.2 Å². The number of benzene rings is 3. The van der Waals surface area contributed by atoms with E-state index in [1.807, 2.05) is 75.4 Å². The molecule has 3 aromatic carbocycles. The van der Waals surface area contributed by atoms with Crippen LogP contribution in [0.25, 0.3) is 0 Å². The van der Waals surface area contributed by atoms with Gasteiger partial charge in [-0.1, -0.05) is 60.2 Å². The number of ether oxygens (including phenoxy) is 4. The van der Waals surface area contributed by atoms with Crippen LogP contribution >= 0.6 is 0 Å². The number of carboxylic acids is 1. The Morgan fingerprint density at radius 3 is 2.20 bits per heavy atom. The second-order valence-corrected chi connectivity index (χ2v) is 9.95. The van der Waals surface area contributed by atoms with Crippen LogP contribution in [0.3, 0.4) is 0 Å². The second kappa shape index (κ2) is 16.4. The molecule has 0 saturated carbocycles. The van der Waals surface area contributed by atoms with Crippen molar-refractivity contribution in [3.05, 3.63) is 94.5 Å². The van der Waals surface area contributed by atoms with Crippen LogP contribution in [0.15, 0.2) is 66.7 Å². The van der Waals surface area contributed by atoms with Crippen LogP contribution in [-0.4, -0.2) is 61.1 Å². The van der Waals surface area contributed by atoms with E-state index in [1.165, 1.54) is 0 Å². The number of carbonyl (C=O) groups excluding carboxylic acids is 1. The lowest BCUT2D eigenvalue weighted by Gasteiger charge is -2.23. The smallest absolute Gasteiger partial charge is 0.415 e. The molecule has 0 aromatic heterocycles. The van der Waals surface area contributed by atoms with E-state index >= 15 is 0 Å². The molecule has 3 aromatic rings. The highest BCUT2D eigenvalue weighted by atomic mass is 16.6. The molecule has 0 saturated heterocycles. The molecule has 1 N–H and O–H groups in total. The maximum atomic E-state index is 13.2. The van der Waals surface area contributed by atoms with Crippen LogP contribution in [0.4, 0.5) is 4.79 Å². The quantitative estimate of drug-likeness (QED) is 0.210. The van der Waals surface area contributed by atoms with Crippen LogP contribution in [0.5, 0.6) is 11.5 Å². The van der Waals surface area contributed by atoms with Crippen LogP contribution in [0.2, 0.25) is 0 Å². The van der Waals surface area contributed by atoms with Crippen molar-refractivity contribution >= 4 is 12.1 Å².